The van der Waals surface area contributed by atoms with Gasteiger partial charge in [-0.05, 0) is 18.6 Å². The molecule has 20 heavy (non-hydrogen) atoms. The van der Waals surface area contributed by atoms with E-state index >= 15 is 0 Å². The van der Waals surface area contributed by atoms with Gasteiger partial charge in [-0.15, -0.1) is 11.3 Å². The predicted molar refractivity (Wildman–Crippen MR) is 90.2 cm³/mol. The highest BCUT2D eigenvalue weighted by Gasteiger charge is 2.18. The smallest absolute Gasteiger partial charge is 0.0981 e. The van der Waals surface area contributed by atoms with Crippen molar-refractivity contribution in [2.45, 2.75) is 45.7 Å². The van der Waals surface area contributed by atoms with Crippen LogP contribution in [0.3, 0.4) is 0 Å². The quantitative estimate of drug-likeness (QED) is 0.832. The van der Waals surface area contributed by atoms with Crippen LogP contribution < -0.4 is 5.32 Å². The van der Waals surface area contributed by atoms with Crippen molar-refractivity contribution in [1.82, 2.24) is 10.3 Å². The Morgan fingerprint density at radius 2 is 2.00 bits per heavy atom. The molecule has 2 aromatic rings. The lowest BCUT2D eigenvalue weighted by molar-refractivity contribution is 0.576. The van der Waals surface area contributed by atoms with E-state index in [1.54, 1.807) is 11.3 Å². The zero-order valence-corrected chi connectivity index (χ0v) is 14.8. The Balaban J connectivity index is 1.99. The topological polar surface area (TPSA) is 24.9 Å². The molecule has 0 saturated heterocycles. The fourth-order valence-corrected chi connectivity index (χ4v) is 3.47. The summed E-state index contributed by atoms with van der Waals surface area (Å²) >= 11 is 5.40. The van der Waals surface area contributed by atoms with Gasteiger partial charge in [-0.3, -0.25) is 0 Å². The maximum absolute atomic E-state index is 4.52. The molecule has 0 bridgehead atoms. The van der Waals surface area contributed by atoms with Crippen LogP contribution in [0.25, 0.3) is 0 Å². The Labute approximate surface area is 133 Å². The van der Waals surface area contributed by atoms with Gasteiger partial charge < -0.3 is 5.32 Å². The van der Waals surface area contributed by atoms with Gasteiger partial charge in [-0.1, -0.05) is 54.9 Å². The van der Waals surface area contributed by atoms with E-state index in [1.807, 2.05) is 12.3 Å². The second-order valence-electron chi connectivity index (χ2n) is 6.01. The number of benzene rings is 1. The minimum absolute atomic E-state index is 0.136. The molecule has 1 aromatic heterocycles. The lowest BCUT2D eigenvalue weighted by atomic mass is 9.98. The molecule has 108 valence electrons. The number of nitrogens with one attached hydrogen (secondary N) is 1. The minimum Gasteiger partial charge on any atom is -0.305 e. The standard InChI is InChI=1S/C16H21BrN2S/c1-11(13-7-5-6-8-14(13)17)18-9-12-10-19-15(20-12)16(2,3)4/h5-8,10-11,18H,9H2,1-4H3/t11-/m1/s1. The zero-order valence-electron chi connectivity index (χ0n) is 12.4. The van der Waals surface area contributed by atoms with Gasteiger partial charge in [0.25, 0.3) is 0 Å². The molecule has 0 aliphatic carbocycles. The maximum Gasteiger partial charge on any atom is 0.0981 e. The molecular weight excluding hydrogens is 332 g/mol. The number of halogens is 1. The second kappa shape index (κ2) is 6.37. The molecule has 0 saturated carbocycles. The molecule has 0 unspecified atom stereocenters. The van der Waals surface area contributed by atoms with Crippen LogP contribution >= 0.6 is 27.3 Å². The van der Waals surface area contributed by atoms with E-state index in [4.69, 9.17) is 0 Å². The van der Waals surface area contributed by atoms with Gasteiger partial charge in [-0.2, -0.15) is 0 Å². The Morgan fingerprint density at radius 3 is 2.60 bits per heavy atom. The predicted octanol–water partition coefficient (Wildman–Crippen LogP) is 5.05. The number of thiazole rings is 1. The fourth-order valence-electron chi connectivity index (χ4n) is 1.93. The zero-order chi connectivity index (χ0) is 14.8. The fraction of sp³-hybridized carbons (Fsp3) is 0.438. The van der Waals surface area contributed by atoms with E-state index in [-0.39, 0.29) is 5.41 Å². The van der Waals surface area contributed by atoms with E-state index in [0.717, 1.165) is 11.0 Å². The second-order valence-corrected chi connectivity index (χ2v) is 7.98. The van der Waals surface area contributed by atoms with Crippen molar-refractivity contribution in [3.8, 4) is 0 Å². The van der Waals surface area contributed by atoms with Gasteiger partial charge in [0.15, 0.2) is 0 Å². The number of hydrogen-bond acceptors (Lipinski definition) is 3. The summed E-state index contributed by atoms with van der Waals surface area (Å²) in [4.78, 5) is 5.81. The third-order valence-corrected chi connectivity index (χ3v) is 5.29. The molecule has 2 rings (SSSR count). The molecule has 1 atom stereocenters. The SMILES string of the molecule is C[C@@H](NCc1cnc(C(C)(C)C)s1)c1ccccc1Br. The van der Waals surface area contributed by atoms with Crippen LogP contribution in [0.4, 0.5) is 0 Å². The Morgan fingerprint density at radius 1 is 1.30 bits per heavy atom. The monoisotopic (exact) mass is 352 g/mol. The summed E-state index contributed by atoms with van der Waals surface area (Å²) in [5, 5.41) is 4.76. The summed E-state index contributed by atoms with van der Waals surface area (Å²) in [5.74, 6) is 0. The summed E-state index contributed by atoms with van der Waals surface area (Å²) < 4.78 is 1.15. The van der Waals surface area contributed by atoms with Crippen molar-refractivity contribution in [2.24, 2.45) is 0 Å². The summed E-state index contributed by atoms with van der Waals surface area (Å²) in [6.07, 6.45) is 1.99. The molecule has 0 radical (unpaired) electrons. The van der Waals surface area contributed by atoms with E-state index in [9.17, 15) is 0 Å². The normalized spacial score (nSPS) is 13.4. The number of hydrogen-bond donors (Lipinski definition) is 1. The average Bonchev–Trinajstić information content (AvgIpc) is 2.85. The van der Waals surface area contributed by atoms with E-state index in [0.29, 0.717) is 6.04 Å². The van der Waals surface area contributed by atoms with E-state index in [2.05, 4.69) is 72.1 Å². The lowest BCUT2D eigenvalue weighted by Crippen LogP contribution is -2.17. The van der Waals surface area contributed by atoms with Crippen LogP contribution in [0.2, 0.25) is 0 Å². The molecule has 0 fully saturated rings. The first-order chi connectivity index (χ1) is 9.38. The summed E-state index contributed by atoms with van der Waals surface area (Å²) in [6.45, 7) is 9.65. The molecule has 1 N–H and O–H groups in total. The van der Waals surface area contributed by atoms with Crippen molar-refractivity contribution >= 4 is 27.3 Å². The number of nitrogens with zero attached hydrogens (tertiary/aromatic N) is 1. The first kappa shape index (κ1) is 15.7. The molecule has 0 aliphatic rings. The van der Waals surface area contributed by atoms with Crippen LogP contribution in [-0.2, 0) is 12.0 Å². The highest BCUT2D eigenvalue weighted by atomic mass is 79.9. The summed E-state index contributed by atoms with van der Waals surface area (Å²) in [7, 11) is 0. The van der Waals surface area contributed by atoms with Crippen molar-refractivity contribution in [2.75, 3.05) is 0 Å². The van der Waals surface area contributed by atoms with E-state index in [1.165, 1.54) is 15.4 Å². The third-order valence-electron chi connectivity index (χ3n) is 3.15. The van der Waals surface area contributed by atoms with Crippen LogP contribution in [0, 0.1) is 0 Å². The van der Waals surface area contributed by atoms with Crippen LogP contribution in [-0.4, -0.2) is 4.98 Å². The first-order valence-corrected chi connectivity index (χ1v) is 8.42. The molecular formula is C16H21BrN2S. The average molecular weight is 353 g/mol. The van der Waals surface area contributed by atoms with Gasteiger partial charge in [0.1, 0.15) is 0 Å². The molecule has 0 aliphatic heterocycles. The van der Waals surface area contributed by atoms with Crippen LogP contribution in [0.5, 0.6) is 0 Å². The molecule has 1 aromatic carbocycles. The first-order valence-electron chi connectivity index (χ1n) is 6.81. The van der Waals surface area contributed by atoms with Crippen molar-refractivity contribution in [1.29, 1.82) is 0 Å². The highest BCUT2D eigenvalue weighted by molar-refractivity contribution is 9.10. The molecule has 0 amide bonds. The summed E-state index contributed by atoms with van der Waals surface area (Å²) in [5.41, 5.74) is 1.42. The number of aromatic nitrogens is 1. The van der Waals surface area contributed by atoms with Crippen molar-refractivity contribution < 1.29 is 0 Å². The third kappa shape index (κ3) is 3.90. The Hall–Kier alpha value is -0.710. The van der Waals surface area contributed by atoms with E-state index < -0.39 is 0 Å². The minimum atomic E-state index is 0.136. The van der Waals surface area contributed by atoms with Gasteiger partial charge in [0.05, 0.1) is 5.01 Å². The van der Waals surface area contributed by atoms with Gasteiger partial charge in [-0.25, -0.2) is 4.98 Å². The largest absolute Gasteiger partial charge is 0.305 e. The maximum atomic E-state index is 4.52. The highest BCUT2D eigenvalue weighted by Crippen LogP contribution is 2.27. The van der Waals surface area contributed by atoms with Crippen molar-refractivity contribution in [3.05, 3.63) is 50.4 Å². The Kier molecular flexibility index (Phi) is 4.99. The Bertz CT molecular complexity index is 572. The van der Waals surface area contributed by atoms with Crippen molar-refractivity contribution in [3.63, 3.8) is 0 Å². The van der Waals surface area contributed by atoms with Crippen LogP contribution in [0.1, 0.15) is 49.2 Å². The number of rotatable bonds is 4. The lowest BCUT2D eigenvalue weighted by Gasteiger charge is -2.15. The molecule has 2 nitrogen and oxygen atoms in total. The summed E-state index contributed by atoms with van der Waals surface area (Å²) in [6, 6.07) is 8.65. The van der Waals surface area contributed by atoms with Gasteiger partial charge in [0, 0.05) is 33.5 Å². The van der Waals surface area contributed by atoms with Gasteiger partial charge >= 0.3 is 0 Å². The van der Waals surface area contributed by atoms with Crippen LogP contribution in [0.15, 0.2) is 34.9 Å². The molecule has 0 spiro atoms. The van der Waals surface area contributed by atoms with Gasteiger partial charge in [0.2, 0.25) is 0 Å². The molecule has 4 heteroatoms. The molecule has 1 heterocycles.